The van der Waals surface area contributed by atoms with Gasteiger partial charge in [0.15, 0.2) is 5.16 Å². The summed E-state index contributed by atoms with van der Waals surface area (Å²) in [7, 11) is -1.40. The van der Waals surface area contributed by atoms with E-state index in [1.165, 1.54) is 28.5 Å². The van der Waals surface area contributed by atoms with E-state index in [1.54, 1.807) is 25.3 Å². The van der Waals surface area contributed by atoms with Crippen molar-refractivity contribution in [2.45, 2.75) is 69.4 Å². The molecule has 0 aliphatic carbocycles. The molecule has 34 heavy (non-hydrogen) atoms. The summed E-state index contributed by atoms with van der Waals surface area (Å²) >= 11 is 4.61. The molecule has 1 aromatic carbocycles. The Labute approximate surface area is 215 Å². The van der Waals surface area contributed by atoms with Crippen LogP contribution in [0.3, 0.4) is 0 Å². The zero-order valence-corrected chi connectivity index (χ0v) is 23.5. The smallest absolute Gasteiger partial charge is 0.326 e. The zero-order chi connectivity index (χ0) is 25.7. The number of esters is 1. The molecular weight excluding hydrogens is 545 g/mol. The molecule has 188 valence electrons. The topological polar surface area (TPSA) is 90.3 Å². The van der Waals surface area contributed by atoms with E-state index >= 15 is 0 Å². The molecular formula is C23H31BrFN3O4S2. The molecule has 0 aliphatic rings. The minimum absolute atomic E-state index is 0.222. The number of nitrogens with one attached hydrogen (secondary N) is 1. The van der Waals surface area contributed by atoms with Gasteiger partial charge < -0.3 is 4.74 Å². The number of aryl methyl sites for hydroxylation is 1. The summed E-state index contributed by atoms with van der Waals surface area (Å²) in [5.74, 6) is -0.874. The van der Waals surface area contributed by atoms with Crippen LogP contribution in [-0.4, -0.2) is 37.3 Å². The van der Waals surface area contributed by atoms with Crippen LogP contribution in [0.2, 0.25) is 0 Å². The minimum Gasteiger partial charge on any atom is -0.465 e. The number of rotatable bonds is 10. The summed E-state index contributed by atoms with van der Waals surface area (Å²) in [5.41, 5.74) is 0.123. The number of hydrogen-bond donors (Lipinski definition) is 1. The third kappa shape index (κ3) is 7.22. The first-order chi connectivity index (χ1) is 15.8. The van der Waals surface area contributed by atoms with E-state index in [0.29, 0.717) is 23.7 Å². The molecule has 0 saturated heterocycles. The summed E-state index contributed by atoms with van der Waals surface area (Å²) in [4.78, 5) is 29.6. The highest BCUT2D eigenvalue weighted by Gasteiger charge is 2.33. The second kappa shape index (κ2) is 11.9. The molecule has 0 unspecified atom stereocenters. The summed E-state index contributed by atoms with van der Waals surface area (Å²) in [5, 5.41) is 0.394. The molecule has 0 spiro atoms. The van der Waals surface area contributed by atoms with E-state index in [2.05, 4.69) is 25.6 Å². The van der Waals surface area contributed by atoms with Crippen molar-refractivity contribution in [3.63, 3.8) is 0 Å². The molecule has 1 N–H and O–H groups in total. The van der Waals surface area contributed by atoms with Crippen LogP contribution in [0.15, 0.2) is 38.7 Å². The van der Waals surface area contributed by atoms with Gasteiger partial charge in [0.05, 0.1) is 33.6 Å². The highest BCUT2D eigenvalue weighted by atomic mass is 79.9. The van der Waals surface area contributed by atoms with Crippen LogP contribution >= 0.6 is 27.7 Å². The number of nitrogens with zero attached hydrogens (tertiary/aromatic N) is 2. The summed E-state index contributed by atoms with van der Waals surface area (Å²) < 4.78 is 35.7. The van der Waals surface area contributed by atoms with Crippen molar-refractivity contribution < 1.29 is 18.1 Å². The number of carbonyl (C=O) groups is 1. The van der Waals surface area contributed by atoms with Gasteiger partial charge in [-0.25, -0.2) is 18.3 Å². The molecule has 0 aliphatic heterocycles. The average molecular weight is 577 g/mol. The van der Waals surface area contributed by atoms with Gasteiger partial charge >= 0.3 is 5.97 Å². The standard InChI is InChI=1S/C23H31BrFN3O4S2/c1-7-32-18(29)14-28-20(30)19(24)17(26-21(28)33-6)12-13-23(5,27-34(31)22(2,3)4)15-8-10-16(25)11-9-15/h8-11,27H,7,12-14H2,1-6H3/t23-,34+/m0/s1. The van der Waals surface area contributed by atoms with Gasteiger partial charge in [0.25, 0.3) is 5.56 Å². The second-order valence-corrected chi connectivity index (χ2v) is 12.4. The molecule has 7 nitrogen and oxygen atoms in total. The first-order valence-electron chi connectivity index (χ1n) is 10.8. The van der Waals surface area contributed by atoms with Crippen molar-refractivity contribution in [1.82, 2.24) is 14.3 Å². The lowest BCUT2D eigenvalue weighted by molar-refractivity contribution is -0.144. The fourth-order valence-electron chi connectivity index (χ4n) is 3.15. The van der Waals surface area contributed by atoms with E-state index in [1.807, 2.05) is 27.7 Å². The minimum atomic E-state index is -1.40. The lowest BCUT2D eigenvalue weighted by atomic mass is 9.88. The summed E-state index contributed by atoms with van der Waals surface area (Å²) in [6.07, 6.45) is 2.57. The molecule has 0 amide bonds. The molecule has 0 fully saturated rings. The largest absolute Gasteiger partial charge is 0.465 e. The maximum absolute atomic E-state index is 13.6. The van der Waals surface area contributed by atoms with Crippen LogP contribution in [0.5, 0.6) is 0 Å². The Morgan fingerprint density at radius 1 is 1.26 bits per heavy atom. The first-order valence-corrected chi connectivity index (χ1v) is 13.9. The zero-order valence-electron chi connectivity index (χ0n) is 20.2. The molecule has 2 aromatic rings. The maximum Gasteiger partial charge on any atom is 0.326 e. The predicted molar refractivity (Wildman–Crippen MR) is 138 cm³/mol. The average Bonchev–Trinajstić information content (AvgIpc) is 2.76. The first kappa shape index (κ1) is 28.7. The second-order valence-electron chi connectivity index (χ2n) is 8.88. The Morgan fingerprint density at radius 3 is 2.41 bits per heavy atom. The predicted octanol–water partition coefficient (Wildman–Crippen LogP) is 4.33. The van der Waals surface area contributed by atoms with Crippen molar-refractivity contribution in [3.05, 3.63) is 56.2 Å². The van der Waals surface area contributed by atoms with Crippen LogP contribution in [0.25, 0.3) is 0 Å². The quantitative estimate of drug-likeness (QED) is 0.257. The van der Waals surface area contributed by atoms with Gasteiger partial charge in [-0.05, 0) is 87.3 Å². The molecule has 0 saturated carbocycles. The SMILES string of the molecule is CCOC(=O)Cn1c(SC)nc(CC[C@](C)(N[S@](=O)C(C)(C)C)c2ccc(F)cc2)c(Br)c1=O. The van der Waals surface area contributed by atoms with E-state index in [0.717, 1.165) is 5.56 Å². The van der Waals surface area contributed by atoms with Gasteiger partial charge in [-0.15, -0.1) is 0 Å². The van der Waals surface area contributed by atoms with Crippen molar-refractivity contribution in [3.8, 4) is 0 Å². The van der Waals surface area contributed by atoms with Crippen LogP contribution < -0.4 is 10.3 Å². The Balaban J connectivity index is 2.41. The van der Waals surface area contributed by atoms with E-state index in [-0.39, 0.29) is 29.0 Å². The number of thioether (sulfide) groups is 1. The third-order valence-electron chi connectivity index (χ3n) is 5.14. The monoisotopic (exact) mass is 575 g/mol. The molecule has 2 rings (SSSR count). The van der Waals surface area contributed by atoms with E-state index < -0.39 is 27.2 Å². The fourth-order valence-corrected chi connectivity index (χ4v) is 5.15. The van der Waals surface area contributed by atoms with Gasteiger partial charge in [0, 0.05) is 0 Å². The highest BCUT2D eigenvalue weighted by Crippen LogP contribution is 2.30. The molecule has 0 radical (unpaired) electrons. The Kier molecular flexibility index (Phi) is 10.1. The number of halogens is 2. The van der Waals surface area contributed by atoms with Crippen molar-refractivity contribution in [1.29, 1.82) is 0 Å². The number of aromatic nitrogens is 2. The Morgan fingerprint density at radius 2 is 1.88 bits per heavy atom. The van der Waals surface area contributed by atoms with Crippen molar-refractivity contribution in [2.75, 3.05) is 12.9 Å². The lowest BCUT2D eigenvalue weighted by Gasteiger charge is -2.34. The van der Waals surface area contributed by atoms with E-state index in [9.17, 15) is 18.2 Å². The van der Waals surface area contributed by atoms with Gasteiger partial charge in [0.1, 0.15) is 16.8 Å². The molecule has 2 atom stereocenters. The maximum atomic E-state index is 13.6. The Bertz CT molecular complexity index is 1100. The van der Waals surface area contributed by atoms with Gasteiger partial charge in [-0.2, -0.15) is 0 Å². The van der Waals surface area contributed by atoms with Crippen LogP contribution in [0.1, 0.15) is 52.3 Å². The third-order valence-corrected chi connectivity index (χ3v) is 8.36. The van der Waals surface area contributed by atoms with Crippen molar-refractivity contribution >= 4 is 44.6 Å². The fraction of sp³-hybridized carbons (Fsp3) is 0.522. The summed E-state index contributed by atoms with van der Waals surface area (Å²) in [6.45, 7) is 9.20. The lowest BCUT2D eigenvalue weighted by Crippen LogP contribution is -2.46. The van der Waals surface area contributed by atoms with Gasteiger partial charge in [-0.3, -0.25) is 14.2 Å². The highest BCUT2D eigenvalue weighted by molar-refractivity contribution is 9.10. The summed E-state index contributed by atoms with van der Waals surface area (Å²) in [6, 6.07) is 6.06. The van der Waals surface area contributed by atoms with Crippen LogP contribution in [0.4, 0.5) is 4.39 Å². The normalized spacial score (nSPS) is 14.5. The molecule has 11 heteroatoms. The molecule has 1 aromatic heterocycles. The number of benzene rings is 1. The van der Waals surface area contributed by atoms with Gasteiger partial charge in [0.2, 0.25) is 0 Å². The van der Waals surface area contributed by atoms with Crippen LogP contribution in [-0.2, 0) is 39.0 Å². The molecule has 1 heterocycles. The number of ether oxygens (including phenoxy) is 1. The number of carbonyl (C=O) groups excluding carboxylic acids is 1. The van der Waals surface area contributed by atoms with Crippen LogP contribution in [0, 0.1) is 5.82 Å². The van der Waals surface area contributed by atoms with Gasteiger partial charge in [-0.1, -0.05) is 23.9 Å². The Hall–Kier alpha value is -1.56. The van der Waals surface area contributed by atoms with E-state index in [4.69, 9.17) is 4.74 Å². The van der Waals surface area contributed by atoms with Crippen molar-refractivity contribution in [2.24, 2.45) is 0 Å². The number of hydrogen-bond acceptors (Lipinski definition) is 6. The molecule has 0 bridgehead atoms.